The number of methoxy groups -OCH3 is 1. The number of anilines is 2. The number of benzene rings is 2. The summed E-state index contributed by atoms with van der Waals surface area (Å²) >= 11 is 1.19. The molecule has 4 rings (SSSR count). The van der Waals surface area contributed by atoms with Crippen LogP contribution in [-0.4, -0.2) is 24.2 Å². The van der Waals surface area contributed by atoms with Gasteiger partial charge in [0, 0.05) is 19.4 Å². The van der Waals surface area contributed by atoms with E-state index in [1.165, 1.54) is 11.3 Å². The highest BCUT2D eigenvalue weighted by Crippen LogP contribution is 2.45. The van der Waals surface area contributed by atoms with Crippen LogP contribution in [0.25, 0.3) is 0 Å². The van der Waals surface area contributed by atoms with Crippen molar-refractivity contribution in [1.82, 2.24) is 4.57 Å². The van der Waals surface area contributed by atoms with Crippen molar-refractivity contribution in [2.24, 2.45) is 13.0 Å². The molecule has 0 fully saturated rings. The third kappa shape index (κ3) is 3.97. The predicted octanol–water partition coefficient (Wildman–Crippen LogP) is 4.69. The number of rotatable bonds is 6. The first-order valence-electron chi connectivity index (χ1n) is 10.3. The van der Waals surface area contributed by atoms with Crippen molar-refractivity contribution in [3.63, 3.8) is 0 Å². The van der Waals surface area contributed by atoms with Gasteiger partial charge in [0.25, 0.3) is 0 Å². The first kappa shape index (κ1) is 21.2. The molecular formula is C24H26N2O4S. The van der Waals surface area contributed by atoms with Gasteiger partial charge in [0.1, 0.15) is 5.82 Å². The molecule has 6 nitrogen and oxygen atoms in total. The molecule has 1 aliphatic heterocycles. The van der Waals surface area contributed by atoms with Crippen molar-refractivity contribution >= 4 is 28.7 Å². The molecule has 2 heterocycles. The van der Waals surface area contributed by atoms with Gasteiger partial charge in [0.2, 0.25) is 5.91 Å². The Hall–Kier alpha value is -3.06. The summed E-state index contributed by atoms with van der Waals surface area (Å²) in [4.78, 5) is 28.3. The second kappa shape index (κ2) is 8.59. The second-order valence-electron chi connectivity index (χ2n) is 8.05. The predicted molar refractivity (Wildman–Crippen MR) is 123 cm³/mol. The van der Waals surface area contributed by atoms with Crippen LogP contribution in [0, 0.1) is 5.92 Å². The average Bonchev–Trinajstić information content (AvgIpc) is 3.06. The highest BCUT2D eigenvalue weighted by Gasteiger charge is 2.37. The second-order valence-corrected chi connectivity index (χ2v) is 9.04. The standard InChI is InChI=1S/C24H26N2O4S/c1-15(2)14-30-19-11-10-16(12-20(19)29-4)18-13-21(27)26(17-8-6-5-7-9-17)23-22(18)31-24(28)25(23)3/h5-12,15,18H,13-14H2,1-4H3/t18-/m1/s1. The van der Waals surface area contributed by atoms with E-state index in [1.54, 1.807) is 23.6 Å². The molecule has 31 heavy (non-hydrogen) atoms. The Labute approximate surface area is 185 Å². The number of thiazole rings is 1. The first-order chi connectivity index (χ1) is 14.9. The number of carbonyl (C=O) groups is 1. The van der Waals surface area contributed by atoms with Gasteiger partial charge in [-0.1, -0.05) is 49.4 Å². The van der Waals surface area contributed by atoms with E-state index >= 15 is 0 Å². The monoisotopic (exact) mass is 438 g/mol. The van der Waals surface area contributed by atoms with E-state index in [9.17, 15) is 9.59 Å². The van der Waals surface area contributed by atoms with Gasteiger partial charge in [-0.2, -0.15) is 0 Å². The number of nitrogens with zero attached hydrogens (tertiary/aromatic N) is 2. The first-order valence-corrected chi connectivity index (χ1v) is 11.1. The quantitative estimate of drug-likeness (QED) is 0.560. The maximum Gasteiger partial charge on any atom is 0.308 e. The van der Waals surface area contributed by atoms with E-state index in [0.29, 0.717) is 29.8 Å². The number of para-hydroxylation sites is 1. The van der Waals surface area contributed by atoms with Crippen LogP contribution in [-0.2, 0) is 11.8 Å². The Bertz CT molecular complexity index is 1150. The number of fused-ring (bicyclic) bond motifs is 1. The third-order valence-electron chi connectivity index (χ3n) is 5.34. The maximum atomic E-state index is 13.3. The molecule has 1 atom stereocenters. The Balaban J connectivity index is 1.77. The van der Waals surface area contributed by atoms with Gasteiger partial charge < -0.3 is 9.47 Å². The van der Waals surface area contributed by atoms with E-state index in [4.69, 9.17) is 9.47 Å². The minimum atomic E-state index is -0.214. The van der Waals surface area contributed by atoms with E-state index in [2.05, 4.69) is 13.8 Å². The van der Waals surface area contributed by atoms with Crippen LogP contribution in [0.5, 0.6) is 11.5 Å². The molecule has 0 saturated heterocycles. The van der Waals surface area contributed by atoms with E-state index in [-0.39, 0.29) is 23.1 Å². The zero-order valence-electron chi connectivity index (χ0n) is 18.1. The number of amides is 1. The van der Waals surface area contributed by atoms with Gasteiger partial charge in [-0.15, -0.1) is 0 Å². The fourth-order valence-corrected chi connectivity index (χ4v) is 4.91. The smallest absolute Gasteiger partial charge is 0.308 e. The molecule has 0 radical (unpaired) electrons. The van der Waals surface area contributed by atoms with Crippen LogP contribution < -0.4 is 19.2 Å². The fourth-order valence-electron chi connectivity index (χ4n) is 3.81. The van der Waals surface area contributed by atoms with Gasteiger partial charge in [-0.25, -0.2) is 0 Å². The fraction of sp³-hybridized carbons (Fsp3) is 0.333. The molecular weight excluding hydrogens is 412 g/mol. The van der Waals surface area contributed by atoms with Crippen molar-refractivity contribution in [2.75, 3.05) is 18.6 Å². The summed E-state index contributed by atoms with van der Waals surface area (Å²) in [5, 5.41) is 0. The van der Waals surface area contributed by atoms with Crippen molar-refractivity contribution in [2.45, 2.75) is 26.2 Å². The Kier molecular flexibility index (Phi) is 5.87. The summed E-state index contributed by atoms with van der Waals surface area (Å²) in [6, 6.07) is 15.2. The summed E-state index contributed by atoms with van der Waals surface area (Å²) in [6.45, 7) is 4.77. The molecule has 0 N–H and O–H groups in total. The lowest BCUT2D eigenvalue weighted by atomic mass is 9.90. The minimum absolute atomic E-state index is 0.0452. The Morgan fingerprint density at radius 2 is 1.84 bits per heavy atom. The van der Waals surface area contributed by atoms with Crippen LogP contribution in [0.15, 0.2) is 53.3 Å². The van der Waals surface area contributed by atoms with Gasteiger partial charge in [0.15, 0.2) is 11.5 Å². The summed E-state index contributed by atoms with van der Waals surface area (Å²) in [6.07, 6.45) is 0.275. The largest absolute Gasteiger partial charge is 0.493 e. The van der Waals surface area contributed by atoms with Crippen LogP contribution in [0.2, 0.25) is 0 Å². The molecule has 1 amide bonds. The highest BCUT2D eigenvalue weighted by atomic mass is 32.1. The maximum absolute atomic E-state index is 13.3. The lowest BCUT2D eigenvalue weighted by Crippen LogP contribution is -2.34. The van der Waals surface area contributed by atoms with Crippen LogP contribution in [0.4, 0.5) is 11.5 Å². The molecule has 0 bridgehead atoms. The average molecular weight is 439 g/mol. The van der Waals surface area contributed by atoms with Gasteiger partial charge in [0.05, 0.1) is 24.3 Å². The molecule has 1 aromatic heterocycles. The van der Waals surface area contributed by atoms with Gasteiger partial charge in [-0.3, -0.25) is 19.1 Å². The number of hydrogen-bond acceptors (Lipinski definition) is 5. The number of ether oxygens (including phenoxy) is 2. The van der Waals surface area contributed by atoms with Crippen molar-refractivity contribution < 1.29 is 14.3 Å². The van der Waals surface area contributed by atoms with E-state index < -0.39 is 0 Å². The molecule has 162 valence electrons. The zero-order valence-corrected chi connectivity index (χ0v) is 18.9. The normalized spacial score (nSPS) is 15.8. The third-order valence-corrected chi connectivity index (χ3v) is 6.48. The van der Waals surface area contributed by atoms with Crippen molar-refractivity contribution in [3.05, 3.63) is 68.6 Å². The van der Waals surface area contributed by atoms with Crippen LogP contribution in [0.1, 0.15) is 36.6 Å². The Morgan fingerprint density at radius 1 is 1.10 bits per heavy atom. The SMILES string of the molecule is COc1cc([C@H]2CC(=O)N(c3ccccc3)c3c2sc(=O)n3C)ccc1OCC(C)C. The summed E-state index contributed by atoms with van der Waals surface area (Å²) in [7, 11) is 3.32. The van der Waals surface area contributed by atoms with E-state index in [1.807, 2.05) is 48.5 Å². The van der Waals surface area contributed by atoms with Crippen LogP contribution >= 0.6 is 11.3 Å². The molecule has 1 aliphatic rings. The van der Waals surface area contributed by atoms with Crippen molar-refractivity contribution in [1.29, 1.82) is 0 Å². The zero-order chi connectivity index (χ0) is 22.1. The Morgan fingerprint density at radius 3 is 2.52 bits per heavy atom. The van der Waals surface area contributed by atoms with Crippen molar-refractivity contribution in [3.8, 4) is 11.5 Å². The van der Waals surface area contributed by atoms with E-state index in [0.717, 1.165) is 16.1 Å². The van der Waals surface area contributed by atoms with Gasteiger partial charge in [-0.05, 0) is 35.7 Å². The molecule has 7 heteroatoms. The summed E-state index contributed by atoms with van der Waals surface area (Å²) < 4.78 is 13.0. The molecule has 0 aliphatic carbocycles. The molecule has 0 unspecified atom stereocenters. The van der Waals surface area contributed by atoms with Gasteiger partial charge >= 0.3 is 4.87 Å². The number of aromatic nitrogens is 1. The van der Waals surface area contributed by atoms with Crippen LogP contribution in [0.3, 0.4) is 0 Å². The molecule has 2 aromatic carbocycles. The summed E-state index contributed by atoms with van der Waals surface area (Å²) in [5.74, 6) is 2.08. The number of carbonyl (C=O) groups excluding carboxylic acids is 1. The topological polar surface area (TPSA) is 60.8 Å². The minimum Gasteiger partial charge on any atom is -0.493 e. The molecule has 0 spiro atoms. The lowest BCUT2D eigenvalue weighted by molar-refractivity contribution is -0.118. The molecule has 3 aromatic rings. The lowest BCUT2D eigenvalue weighted by Gasteiger charge is -2.32. The number of hydrogen-bond donors (Lipinski definition) is 0. The molecule has 0 saturated carbocycles. The summed E-state index contributed by atoms with van der Waals surface area (Å²) in [5.41, 5.74) is 1.69. The highest BCUT2D eigenvalue weighted by molar-refractivity contribution is 7.10.